The first-order valence-corrected chi connectivity index (χ1v) is 7.79. The molecule has 3 rings (SSSR count). The van der Waals surface area contributed by atoms with Crippen LogP contribution in [-0.4, -0.2) is 23.1 Å². The molecular formula is C17H20N6. The van der Waals surface area contributed by atoms with Gasteiger partial charge in [0, 0.05) is 24.3 Å². The van der Waals surface area contributed by atoms with E-state index in [0.717, 1.165) is 24.2 Å². The minimum Gasteiger partial charge on any atom is -0.382 e. The summed E-state index contributed by atoms with van der Waals surface area (Å²) in [7, 11) is 0. The quantitative estimate of drug-likeness (QED) is 0.883. The van der Waals surface area contributed by atoms with Gasteiger partial charge in [-0.15, -0.1) is 0 Å². The third kappa shape index (κ3) is 2.90. The van der Waals surface area contributed by atoms with Crippen LogP contribution < -0.4 is 16.4 Å². The van der Waals surface area contributed by atoms with Gasteiger partial charge in [-0.05, 0) is 43.9 Å². The number of anilines is 3. The predicted molar refractivity (Wildman–Crippen MR) is 91.8 cm³/mol. The number of nitrogens with two attached hydrogens (primary N) is 2. The Hall–Kier alpha value is -2.81. The van der Waals surface area contributed by atoms with Gasteiger partial charge in [0.05, 0.1) is 5.69 Å². The summed E-state index contributed by atoms with van der Waals surface area (Å²) in [5, 5.41) is 9.34. The van der Waals surface area contributed by atoms with Crippen LogP contribution >= 0.6 is 0 Å². The molecule has 23 heavy (non-hydrogen) atoms. The minimum atomic E-state index is 0.0796. The number of hydrogen-bond acceptors (Lipinski definition) is 6. The summed E-state index contributed by atoms with van der Waals surface area (Å²) in [6.07, 6.45) is 3.77. The summed E-state index contributed by atoms with van der Waals surface area (Å²) in [6, 6.07) is 8.27. The molecule has 4 N–H and O–H groups in total. The van der Waals surface area contributed by atoms with Crippen LogP contribution in [0.25, 0.3) is 11.3 Å². The Morgan fingerprint density at radius 1 is 1.13 bits per heavy atom. The molecule has 0 saturated carbocycles. The van der Waals surface area contributed by atoms with Gasteiger partial charge in [0.1, 0.15) is 17.5 Å². The summed E-state index contributed by atoms with van der Waals surface area (Å²) in [6.45, 7) is 4.20. The van der Waals surface area contributed by atoms with Gasteiger partial charge in [-0.25, -0.2) is 4.98 Å². The lowest BCUT2D eigenvalue weighted by molar-refractivity contribution is 0.578. The Morgan fingerprint density at radius 3 is 2.52 bits per heavy atom. The number of piperidine rings is 1. The van der Waals surface area contributed by atoms with Crippen molar-refractivity contribution in [2.45, 2.75) is 26.2 Å². The lowest BCUT2D eigenvalue weighted by atomic mass is 10.00. The highest BCUT2D eigenvalue weighted by atomic mass is 15.1. The highest BCUT2D eigenvalue weighted by Crippen LogP contribution is 2.31. The molecule has 6 nitrogen and oxygen atoms in total. The van der Waals surface area contributed by atoms with Crippen molar-refractivity contribution in [2.24, 2.45) is 0 Å². The molecule has 6 heteroatoms. The first kappa shape index (κ1) is 15.1. The maximum Gasteiger partial charge on any atom is 0.222 e. The van der Waals surface area contributed by atoms with Crippen molar-refractivity contribution in [1.29, 1.82) is 5.26 Å². The molecule has 0 bridgehead atoms. The van der Waals surface area contributed by atoms with E-state index in [4.69, 9.17) is 11.5 Å². The van der Waals surface area contributed by atoms with Crippen molar-refractivity contribution < 1.29 is 0 Å². The Morgan fingerprint density at radius 2 is 1.87 bits per heavy atom. The number of aromatic nitrogens is 2. The summed E-state index contributed by atoms with van der Waals surface area (Å²) < 4.78 is 0. The summed E-state index contributed by atoms with van der Waals surface area (Å²) in [4.78, 5) is 10.5. The molecule has 0 radical (unpaired) electrons. The average molecular weight is 308 g/mol. The normalized spacial score (nSPS) is 14.5. The predicted octanol–water partition coefficient (Wildman–Crippen LogP) is 2.48. The minimum absolute atomic E-state index is 0.0796. The van der Waals surface area contributed by atoms with Crippen molar-refractivity contribution >= 4 is 17.5 Å². The van der Waals surface area contributed by atoms with Crippen LogP contribution in [0.3, 0.4) is 0 Å². The number of hydrogen-bond donors (Lipinski definition) is 2. The first-order valence-electron chi connectivity index (χ1n) is 7.79. The van der Waals surface area contributed by atoms with Crippen LogP contribution in [0.1, 0.15) is 30.4 Å². The third-order valence-corrected chi connectivity index (χ3v) is 4.25. The van der Waals surface area contributed by atoms with Gasteiger partial charge in [-0.3, -0.25) is 0 Å². The molecule has 0 atom stereocenters. The molecule has 0 unspecified atom stereocenters. The Balaban J connectivity index is 2.03. The Kier molecular flexibility index (Phi) is 4.02. The number of nitrogen functional groups attached to an aromatic ring is 2. The second-order valence-corrected chi connectivity index (χ2v) is 5.85. The summed E-state index contributed by atoms with van der Waals surface area (Å²) in [5.41, 5.74) is 15.4. The number of aryl methyl sites for hydroxylation is 1. The van der Waals surface area contributed by atoms with Gasteiger partial charge in [0.15, 0.2) is 0 Å². The molecule has 1 aromatic heterocycles. The largest absolute Gasteiger partial charge is 0.382 e. The van der Waals surface area contributed by atoms with Crippen LogP contribution in [0.4, 0.5) is 17.5 Å². The fourth-order valence-electron chi connectivity index (χ4n) is 3.06. The number of nitriles is 1. The first-order chi connectivity index (χ1) is 11.1. The molecule has 118 valence electrons. The maximum atomic E-state index is 9.34. The smallest absolute Gasteiger partial charge is 0.222 e. The van der Waals surface area contributed by atoms with Gasteiger partial charge in [0.2, 0.25) is 5.95 Å². The van der Waals surface area contributed by atoms with Crippen LogP contribution in [0, 0.1) is 18.3 Å². The van der Waals surface area contributed by atoms with E-state index in [1.54, 1.807) is 0 Å². The Bertz CT molecular complexity index is 771. The van der Waals surface area contributed by atoms with Crippen LogP contribution in [0.15, 0.2) is 18.2 Å². The van der Waals surface area contributed by atoms with Gasteiger partial charge >= 0.3 is 0 Å². The van der Waals surface area contributed by atoms with Gasteiger partial charge in [0.25, 0.3) is 0 Å². The number of benzene rings is 1. The van der Waals surface area contributed by atoms with E-state index in [-0.39, 0.29) is 17.3 Å². The topological polar surface area (TPSA) is 105 Å². The summed E-state index contributed by atoms with van der Waals surface area (Å²) >= 11 is 0. The molecule has 1 aliphatic heterocycles. The maximum absolute atomic E-state index is 9.34. The Labute approximate surface area is 135 Å². The molecule has 1 saturated heterocycles. The molecule has 1 fully saturated rings. The highest BCUT2D eigenvalue weighted by Gasteiger charge is 2.17. The van der Waals surface area contributed by atoms with Crippen LogP contribution in [-0.2, 0) is 0 Å². The zero-order valence-electron chi connectivity index (χ0n) is 13.2. The fraction of sp³-hybridized carbons (Fsp3) is 0.353. The van der Waals surface area contributed by atoms with E-state index in [2.05, 4.69) is 33.1 Å². The van der Waals surface area contributed by atoms with E-state index in [1.807, 2.05) is 13.0 Å². The fourth-order valence-corrected chi connectivity index (χ4v) is 3.06. The van der Waals surface area contributed by atoms with Crippen LogP contribution in [0.2, 0.25) is 0 Å². The standard InChI is InChI=1S/C17H20N6/c1-11-9-12(23-7-3-2-4-8-23)5-6-13(11)15-14(10-18)16(19)22-17(20)21-15/h5-6,9H,2-4,7-8H2,1H3,(H4,19,20,21,22). The van der Waals surface area contributed by atoms with E-state index in [0.29, 0.717) is 5.69 Å². The number of nitrogens with zero attached hydrogens (tertiary/aromatic N) is 4. The second kappa shape index (κ2) is 6.13. The lowest BCUT2D eigenvalue weighted by Gasteiger charge is -2.29. The van der Waals surface area contributed by atoms with E-state index in [1.165, 1.54) is 24.9 Å². The molecule has 2 heterocycles. The summed E-state index contributed by atoms with van der Waals surface area (Å²) in [5.74, 6) is 0.200. The van der Waals surface area contributed by atoms with Gasteiger partial charge < -0.3 is 16.4 Å². The van der Waals surface area contributed by atoms with E-state index in [9.17, 15) is 5.26 Å². The van der Waals surface area contributed by atoms with Crippen molar-refractivity contribution in [3.8, 4) is 17.3 Å². The van der Waals surface area contributed by atoms with Crippen molar-refractivity contribution in [3.63, 3.8) is 0 Å². The van der Waals surface area contributed by atoms with Crippen molar-refractivity contribution in [1.82, 2.24) is 9.97 Å². The van der Waals surface area contributed by atoms with Crippen LogP contribution in [0.5, 0.6) is 0 Å². The molecule has 0 aliphatic carbocycles. The van der Waals surface area contributed by atoms with E-state index >= 15 is 0 Å². The molecule has 2 aromatic rings. The van der Waals surface area contributed by atoms with Crippen molar-refractivity contribution in [2.75, 3.05) is 29.5 Å². The molecule has 1 aromatic carbocycles. The second-order valence-electron chi connectivity index (χ2n) is 5.85. The monoisotopic (exact) mass is 308 g/mol. The molecular weight excluding hydrogens is 288 g/mol. The zero-order valence-corrected chi connectivity index (χ0v) is 13.2. The highest BCUT2D eigenvalue weighted by molar-refractivity contribution is 5.76. The third-order valence-electron chi connectivity index (χ3n) is 4.25. The molecule has 0 amide bonds. The molecule has 0 spiro atoms. The van der Waals surface area contributed by atoms with E-state index < -0.39 is 0 Å². The zero-order chi connectivity index (χ0) is 16.4. The van der Waals surface area contributed by atoms with Gasteiger partial charge in [-0.1, -0.05) is 6.07 Å². The molecule has 1 aliphatic rings. The average Bonchev–Trinajstić information content (AvgIpc) is 2.55. The lowest BCUT2D eigenvalue weighted by Crippen LogP contribution is -2.29. The van der Waals surface area contributed by atoms with Gasteiger partial charge in [-0.2, -0.15) is 10.2 Å². The number of rotatable bonds is 2. The van der Waals surface area contributed by atoms with Crippen molar-refractivity contribution in [3.05, 3.63) is 29.3 Å². The SMILES string of the molecule is Cc1cc(N2CCCCC2)ccc1-c1nc(N)nc(N)c1C#N.